The SMILES string of the molecule is C=Nc1ccc(-c2cc(C(N)=O)c(N)nc2-c2cccc(F)c2)cc1C(C)=NC. The lowest BCUT2D eigenvalue weighted by atomic mass is 9.94. The van der Waals surface area contributed by atoms with Crippen molar-refractivity contribution in [3.05, 3.63) is 65.5 Å². The van der Waals surface area contributed by atoms with E-state index < -0.39 is 11.7 Å². The van der Waals surface area contributed by atoms with Gasteiger partial charge < -0.3 is 11.5 Å². The van der Waals surface area contributed by atoms with Gasteiger partial charge in [0.1, 0.15) is 11.6 Å². The van der Waals surface area contributed by atoms with E-state index in [2.05, 4.69) is 21.7 Å². The van der Waals surface area contributed by atoms with Crippen molar-refractivity contribution in [2.75, 3.05) is 12.8 Å². The van der Waals surface area contributed by atoms with Crippen LogP contribution in [0.15, 0.2) is 58.5 Å². The van der Waals surface area contributed by atoms with E-state index in [1.807, 2.05) is 19.1 Å². The second-order valence-electron chi connectivity index (χ2n) is 6.39. The number of anilines is 1. The molecule has 1 amide bonds. The van der Waals surface area contributed by atoms with E-state index in [0.717, 1.165) is 16.8 Å². The highest BCUT2D eigenvalue weighted by Crippen LogP contribution is 2.35. The van der Waals surface area contributed by atoms with Crippen LogP contribution in [0, 0.1) is 5.82 Å². The minimum Gasteiger partial charge on any atom is -0.383 e. The third-order valence-electron chi connectivity index (χ3n) is 4.62. The number of benzene rings is 2. The fourth-order valence-corrected chi connectivity index (χ4v) is 3.05. The van der Waals surface area contributed by atoms with E-state index in [1.165, 1.54) is 12.1 Å². The van der Waals surface area contributed by atoms with Gasteiger partial charge in [-0.15, -0.1) is 0 Å². The Morgan fingerprint density at radius 1 is 1.10 bits per heavy atom. The lowest BCUT2D eigenvalue weighted by Crippen LogP contribution is -2.15. The Morgan fingerprint density at radius 2 is 1.86 bits per heavy atom. The van der Waals surface area contributed by atoms with Crippen molar-refractivity contribution in [1.29, 1.82) is 0 Å². The summed E-state index contributed by atoms with van der Waals surface area (Å²) in [6.45, 7) is 5.46. The molecule has 146 valence electrons. The summed E-state index contributed by atoms with van der Waals surface area (Å²) in [5, 5.41) is 0. The summed E-state index contributed by atoms with van der Waals surface area (Å²) < 4.78 is 13.8. The van der Waals surface area contributed by atoms with Crippen LogP contribution in [0.1, 0.15) is 22.8 Å². The summed E-state index contributed by atoms with van der Waals surface area (Å²) in [6.07, 6.45) is 0. The molecule has 0 aliphatic heterocycles. The molecule has 3 rings (SSSR count). The minimum absolute atomic E-state index is 0.0172. The Hall–Kier alpha value is -3.87. The molecule has 0 saturated heterocycles. The summed E-state index contributed by atoms with van der Waals surface area (Å²) in [4.78, 5) is 24.5. The fourth-order valence-electron chi connectivity index (χ4n) is 3.05. The molecular weight excluding hydrogens is 369 g/mol. The largest absolute Gasteiger partial charge is 0.383 e. The number of halogens is 1. The van der Waals surface area contributed by atoms with Gasteiger partial charge in [0.05, 0.1) is 16.9 Å². The first-order valence-electron chi connectivity index (χ1n) is 8.77. The van der Waals surface area contributed by atoms with Crippen LogP contribution < -0.4 is 11.5 Å². The lowest BCUT2D eigenvalue weighted by molar-refractivity contribution is 0.100. The molecule has 0 aliphatic rings. The Kier molecular flexibility index (Phi) is 5.50. The number of hydrogen-bond acceptors (Lipinski definition) is 5. The maximum Gasteiger partial charge on any atom is 0.252 e. The monoisotopic (exact) mass is 389 g/mol. The topological polar surface area (TPSA) is 107 Å². The van der Waals surface area contributed by atoms with E-state index >= 15 is 0 Å². The summed E-state index contributed by atoms with van der Waals surface area (Å²) >= 11 is 0. The van der Waals surface area contributed by atoms with Crippen molar-refractivity contribution in [2.45, 2.75) is 6.92 Å². The normalized spacial score (nSPS) is 11.3. The number of aromatic nitrogens is 1. The van der Waals surface area contributed by atoms with Gasteiger partial charge in [0.25, 0.3) is 5.91 Å². The molecule has 0 bridgehead atoms. The number of nitrogen functional groups attached to an aromatic ring is 1. The van der Waals surface area contributed by atoms with E-state index in [-0.39, 0.29) is 11.4 Å². The number of aliphatic imine (C=N–C) groups is 2. The molecule has 4 N–H and O–H groups in total. The summed E-state index contributed by atoms with van der Waals surface area (Å²) in [5.74, 6) is -1.12. The third-order valence-corrected chi connectivity index (χ3v) is 4.62. The van der Waals surface area contributed by atoms with Crippen molar-refractivity contribution >= 4 is 29.8 Å². The minimum atomic E-state index is -0.696. The number of primary amides is 1. The second kappa shape index (κ2) is 8.02. The molecule has 0 saturated carbocycles. The zero-order valence-electron chi connectivity index (χ0n) is 16.1. The van der Waals surface area contributed by atoms with Crippen LogP contribution >= 0.6 is 0 Å². The molecule has 0 aliphatic carbocycles. The van der Waals surface area contributed by atoms with Gasteiger partial charge in [-0.2, -0.15) is 0 Å². The number of rotatable bonds is 5. The maximum atomic E-state index is 13.8. The van der Waals surface area contributed by atoms with Gasteiger partial charge in [-0.3, -0.25) is 14.8 Å². The molecule has 2 aromatic carbocycles. The van der Waals surface area contributed by atoms with Gasteiger partial charge in [0.15, 0.2) is 0 Å². The van der Waals surface area contributed by atoms with Gasteiger partial charge >= 0.3 is 0 Å². The Bertz CT molecular complexity index is 1150. The number of pyridine rings is 1. The van der Waals surface area contributed by atoms with Crippen molar-refractivity contribution in [3.8, 4) is 22.4 Å². The molecule has 0 atom stereocenters. The number of hydrogen-bond donors (Lipinski definition) is 2. The Morgan fingerprint density at radius 3 is 2.48 bits per heavy atom. The predicted molar refractivity (Wildman–Crippen MR) is 115 cm³/mol. The van der Waals surface area contributed by atoms with Gasteiger partial charge in [0, 0.05) is 29.4 Å². The number of nitrogens with zero attached hydrogens (tertiary/aromatic N) is 3. The fraction of sp³-hybridized carbons (Fsp3) is 0.0909. The maximum absolute atomic E-state index is 13.8. The predicted octanol–water partition coefficient (Wildman–Crippen LogP) is 4.01. The van der Waals surface area contributed by atoms with E-state index in [0.29, 0.717) is 22.5 Å². The van der Waals surface area contributed by atoms with Crippen molar-refractivity contribution in [2.24, 2.45) is 15.7 Å². The molecule has 0 fully saturated rings. The highest BCUT2D eigenvalue weighted by Gasteiger charge is 2.18. The van der Waals surface area contributed by atoms with Crippen molar-refractivity contribution in [1.82, 2.24) is 4.98 Å². The highest BCUT2D eigenvalue weighted by atomic mass is 19.1. The van der Waals surface area contributed by atoms with Crippen LogP contribution in [0.5, 0.6) is 0 Å². The summed E-state index contributed by atoms with van der Waals surface area (Å²) in [6, 6.07) is 13.0. The highest BCUT2D eigenvalue weighted by molar-refractivity contribution is 6.05. The Balaban J connectivity index is 2.34. The van der Waals surface area contributed by atoms with Crippen LogP contribution in [-0.4, -0.2) is 30.4 Å². The Labute approximate surface area is 167 Å². The second-order valence-corrected chi connectivity index (χ2v) is 6.39. The smallest absolute Gasteiger partial charge is 0.252 e. The van der Waals surface area contributed by atoms with Crippen molar-refractivity contribution < 1.29 is 9.18 Å². The number of nitrogens with two attached hydrogens (primary N) is 2. The zero-order chi connectivity index (χ0) is 21.1. The molecule has 1 aromatic heterocycles. The lowest BCUT2D eigenvalue weighted by Gasteiger charge is -2.15. The first kappa shape index (κ1) is 19.9. The standard InChI is InChI=1S/C22H20FN5O/c1-12(26-2)16-10-13(7-8-19(16)27-3)17-11-18(22(25)29)21(24)28-20(17)14-5-4-6-15(23)9-14/h4-11H,3H2,1-2H3,(H2,24,28)(H2,25,29). The quantitative estimate of drug-likeness (QED) is 0.644. The molecule has 0 spiro atoms. The molecular formula is C22H20FN5O. The molecule has 7 heteroatoms. The van der Waals surface area contributed by atoms with E-state index in [4.69, 9.17) is 11.5 Å². The molecule has 3 aromatic rings. The van der Waals surface area contributed by atoms with Crippen molar-refractivity contribution in [3.63, 3.8) is 0 Å². The summed E-state index contributed by atoms with van der Waals surface area (Å²) in [7, 11) is 1.68. The van der Waals surface area contributed by atoms with E-state index in [1.54, 1.807) is 31.3 Å². The first-order valence-corrected chi connectivity index (χ1v) is 8.77. The molecule has 0 unspecified atom stereocenters. The zero-order valence-corrected chi connectivity index (χ0v) is 16.1. The van der Waals surface area contributed by atoms with Gasteiger partial charge in [0.2, 0.25) is 0 Å². The third kappa shape index (κ3) is 3.89. The number of amides is 1. The van der Waals surface area contributed by atoms with Crippen LogP contribution in [0.2, 0.25) is 0 Å². The molecule has 29 heavy (non-hydrogen) atoms. The first-order chi connectivity index (χ1) is 13.8. The summed E-state index contributed by atoms with van der Waals surface area (Å²) in [5.41, 5.74) is 16.0. The van der Waals surface area contributed by atoms with Gasteiger partial charge in [-0.25, -0.2) is 9.37 Å². The average Bonchev–Trinajstić information content (AvgIpc) is 2.72. The molecule has 6 nitrogen and oxygen atoms in total. The average molecular weight is 389 g/mol. The number of carbonyl (C=O) groups excluding carboxylic acids is 1. The van der Waals surface area contributed by atoms with Crippen LogP contribution in [0.3, 0.4) is 0 Å². The van der Waals surface area contributed by atoms with Crippen LogP contribution in [0.25, 0.3) is 22.4 Å². The van der Waals surface area contributed by atoms with E-state index in [9.17, 15) is 9.18 Å². The van der Waals surface area contributed by atoms with Gasteiger partial charge in [-0.05, 0) is 49.5 Å². The number of carbonyl (C=O) groups is 1. The van der Waals surface area contributed by atoms with Gasteiger partial charge in [-0.1, -0.05) is 18.2 Å². The van der Waals surface area contributed by atoms with Crippen LogP contribution in [-0.2, 0) is 0 Å². The van der Waals surface area contributed by atoms with Crippen LogP contribution in [0.4, 0.5) is 15.9 Å². The molecule has 1 heterocycles. The molecule has 0 radical (unpaired) electrons.